The average molecular weight is 376 g/mol. The number of rotatable bonds is 7. The largest absolute Gasteiger partial charge is 0.338 e. The first-order chi connectivity index (χ1) is 13.2. The minimum absolute atomic E-state index is 0.0176. The summed E-state index contributed by atoms with van der Waals surface area (Å²) in [6.45, 7) is 2.64. The van der Waals surface area contributed by atoms with E-state index in [1.807, 2.05) is 49.4 Å². The van der Waals surface area contributed by atoms with Gasteiger partial charge in [-0.2, -0.15) is 0 Å². The maximum absolute atomic E-state index is 12.3. The summed E-state index contributed by atoms with van der Waals surface area (Å²) in [7, 11) is -0.488. The van der Waals surface area contributed by atoms with Gasteiger partial charge in [-0.25, -0.2) is 4.79 Å². The molecule has 2 amide bonds. The molecule has 0 bridgehead atoms. The lowest BCUT2D eigenvalue weighted by Crippen LogP contribution is -2.38. The molecule has 0 spiro atoms. The molecule has 0 saturated heterocycles. The first-order valence-corrected chi connectivity index (χ1v) is 10.7. The highest BCUT2D eigenvalue weighted by molar-refractivity contribution is 7.73. The zero-order valence-electron chi connectivity index (χ0n) is 15.5. The van der Waals surface area contributed by atoms with Crippen LogP contribution >= 0.6 is 7.92 Å². The molecular weight excluding hydrogens is 351 g/mol. The van der Waals surface area contributed by atoms with Crippen molar-refractivity contribution in [3.8, 4) is 0 Å². The predicted molar refractivity (Wildman–Crippen MR) is 115 cm³/mol. The molecule has 0 aliphatic rings. The molecule has 3 aromatic rings. The Hall–Kier alpha value is -2.64. The molecule has 0 radical (unpaired) electrons. The van der Waals surface area contributed by atoms with E-state index in [9.17, 15) is 4.79 Å². The van der Waals surface area contributed by atoms with Crippen LogP contribution in [0.1, 0.15) is 18.5 Å². The van der Waals surface area contributed by atoms with E-state index in [0.717, 1.165) is 11.7 Å². The number of urea groups is 1. The van der Waals surface area contributed by atoms with Gasteiger partial charge in [-0.05, 0) is 37.2 Å². The molecule has 3 nitrogen and oxygen atoms in total. The van der Waals surface area contributed by atoms with Crippen molar-refractivity contribution < 1.29 is 4.79 Å². The van der Waals surface area contributed by atoms with Gasteiger partial charge in [0.25, 0.3) is 0 Å². The molecule has 0 unspecified atom stereocenters. The van der Waals surface area contributed by atoms with Gasteiger partial charge in [-0.3, -0.25) is 0 Å². The molecule has 0 aliphatic heterocycles. The normalized spacial score (nSPS) is 11.8. The molecule has 3 rings (SSSR count). The zero-order chi connectivity index (χ0) is 18.9. The summed E-state index contributed by atoms with van der Waals surface area (Å²) < 4.78 is 0. The minimum atomic E-state index is -0.488. The minimum Gasteiger partial charge on any atom is -0.338 e. The Labute approximate surface area is 162 Å². The fourth-order valence-corrected chi connectivity index (χ4v) is 5.19. The Bertz CT molecular complexity index is 785. The van der Waals surface area contributed by atoms with Crippen molar-refractivity contribution >= 4 is 24.6 Å². The molecule has 3 aromatic carbocycles. The lowest BCUT2D eigenvalue weighted by atomic mass is 10.1. The van der Waals surface area contributed by atoms with Gasteiger partial charge in [0.1, 0.15) is 0 Å². The number of hydrogen-bond donors (Lipinski definition) is 2. The molecule has 2 N–H and O–H groups in total. The Morgan fingerprint density at radius 3 is 1.81 bits per heavy atom. The summed E-state index contributed by atoms with van der Waals surface area (Å²) in [5, 5.41) is 8.69. The third-order valence-corrected chi connectivity index (χ3v) is 6.92. The van der Waals surface area contributed by atoms with E-state index in [0.29, 0.717) is 6.54 Å². The van der Waals surface area contributed by atoms with E-state index in [1.54, 1.807) is 0 Å². The van der Waals surface area contributed by atoms with E-state index in [-0.39, 0.29) is 12.1 Å². The van der Waals surface area contributed by atoms with Crippen molar-refractivity contribution in [2.75, 3.05) is 12.7 Å². The molecule has 4 heteroatoms. The smallest absolute Gasteiger partial charge is 0.315 e. The lowest BCUT2D eigenvalue weighted by molar-refractivity contribution is 0.238. The van der Waals surface area contributed by atoms with Crippen molar-refractivity contribution in [3.05, 3.63) is 96.6 Å². The second-order valence-corrected chi connectivity index (χ2v) is 8.69. The van der Waals surface area contributed by atoms with Crippen molar-refractivity contribution in [2.24, 2.45) is 0 Å². The van der Waals surface area contributed by atoms with E-state index in [1.165, 1.54) is 10.6 Å². The van der Waals surface area contributed by atoms with Crippen LogP contribution < -0.4 is 21.2 Å². The van der Waals surface area contributed by atoms with Gasteiger partial charge in [0.05, 0.1) is 6.04 Å². The summed E-state index contributed by atoms with van der Waals surface area (Å²) in [5.41, 5.74) is 1.10. The first-order valence-electron chi connectivity index (χ1n) is 9.21. The Kier molecular flexibility index (Phi) is 7.01. The maximum Gasteiger partial charge on any atom is 0.315 e. The van der Waals surface area contributed by atoms with Crippen LogP contribution in [0.2, 0.25) is 0 Å². The van der Waals surface area contributed by atoms with Crippen LogP contribution in [0.5, 0.6) is 0 Å². The highest BCUT2D eigenvalue weighted by Gasteiger charge is 2.14. The Morgan fingerprint density at radius 2 is 1.30 bits per heavy atom. The van der Waals surface area contributed by atoms with Crippen LogP contribution in [0.15, 0.2) is 91.0 Å². The van der Waals surface area contributed by atoms with Crippen molar-refractivity contribution in [1.29, 1.82) is 0 Å². The maximum atomic E-state index is 12.3. The van der Waals surface area contributed by atoms with Gasteiger partial charge >= 0.3 is 6.03 Å². The van der Waals surface area contributed by atoms with Gasteiger partial charge in [0, 0.05) is 6.54 Å². The molecule has 0 fully saturated rings. The number of hydrogen-bond acceptors (Lipinski definition) is 1. The average Bonchev–Trinajstić information content (AvgIpc) is 2.73. The molecule has 0 aromatic heterocycles. The number of amides is 2. The summed E-state index contributed by atoms with van der Waals surface area (Å²) >= 11 is 0. The standard InChI is InChI=1S/C23H25N2OP/c1-19(20-11-5-2-6-12-20)25-23(26)24-17-18-27(21-13-7-3-8-14-21)22-15-9-4-10-16-22/h2-16,19H,17-18H2,1H3,(H2,24,25,26)/t19-/m1/s1. The number of carbonyl (C=O) groups is 1. The predicted octanol–water partition coefficient (Wildman–Crippen LogP) is 4.18. The number of nitrogens with one attached hydrogen (secondary N) is 2. The molecule has 1 atom stereocenters. The van der Waals surface area contributed by atoms with Crippen molar-refractivity contribution in [3.63, 3.8) is 0 Å². The molecule has 0 aliphatic carbocycles. The van der Waals surface area contributed by atoms with Gasteiger partial charge < -0.3 is 10.6 Å². The summed E-state index contributed by atoms with van der Waals surface area (Å²) in [5.74, 6) is 0. The van der Waals surface area contributed by atoms with E-state index in [4.69, 9.17) is 0 Å². The molecule has 0 heterocycles. The fraction of sp³-hybridized carbons (Fsp3) is 0.174. The van der Waals surface area contributed by atoms with E-state index < -0.39 is 7.92 Å². The van der Waals surface area contributed by atoms with Crippen LogP contribution in [-0.2, 0) is 0 Å². The highest BCUT2D eigenvalue weighted by Crippen LogP contribution is 2.32. The van der Waals surface area contributed by atoms with Crippen molar-refractivity contribution in [2.45, 2.75) is 13.0 Å². The second kappa shape index (κ2) is 9.89. The van der Waals surface area contributed by atoms with E-state index in [2.05, 4.69) is 59.2 Å². The number of benzene rings is 3. The molecular formula is C23H25N2OP. The van der Waals surface area contributed by atoms with Crippen LogP contribution in [-0.4, -0.2) is 18.7 Å². The van der Waals surface area contributed by atoms with Gasteiger partial charge in [0.15, 0.2) is 0 Å². The van der Waals surface area contributed by atoms with Gasteiger partial charge in [0.2, 0.25) is 0 Å². The zero-order valence-corrected chi connectivity index (χ0v) is 16.4. The second-order valence-electron chi connectivity index (χ2n) is 6.36. The van der Waals surface area contributed by atoms with Crippen LogP contribution in [0.4, 0.5) is 4.79 Å². The SMILES string of the molecule is C[C@@H](NC(=O)NCCP(c1ccccc1)c1ccccc1)c1ccccc1. The number of carbonyl (C=O) groups excluding carboxylic acids is 1. The fourth-order valence-electron chi connectivity index (χ4n) is 2.98. The Morgan fingerprint density at radius 1 is 0.815 bits per heavy atom. The lowest BCUT2D eigenvalue weighted by Gasteiger charge is -2.20. The van der Waals surface area contributed by atoms with Crippen LogP contribution in [0, 0.1) is 0 Å². The highest BCUT2D eigenvalue weighted by atomic mass is 31.1. The van der Waals surface area contributed by atoms with Crippen LogP contribution in [0.3, 0.4) is 0 Å². The van der Waals surface area contributed by atoms with Gasteiger partial charge in [-0.15, -0.1) is 0 Å². The summed E-state index contributed by atoms with van der Waals surface area (Å²) in [6, 6.07) is 31.0. The van der Waals surface area contributed by atoms with E-state index >= 15 is 0 Å². The molecule has 27 heavy (non-hydrogen) atoms. The quantitative estimate of drug-likeness (QED) is 0.597. The summed E-state index contributed by atoms with van der Waals surface area (Å²) in [6.07, 6.45) is 0.913. The third-order valence-electron chi connectivity index (χ3n) is 4.40. The van der Waals surface area contributed by atoms with Crippen molar-refractivity contribution in [1.82, 2.24) is 10.6 Å². The summed E-state index contributed by atoms with van der Waals surface area (Å²) in [4.78, 5) is 12.3. The third kappa shape index (κ3) is 5.67. The Balaban J connectivity index is 1.57. The van der Waals surface area contributed by atoms with Crippen LogP contribution in [0.25, 0.3) is 0 Å². The first kappa shape index (κ1) is 19.1. The molecule has 138 valence electrons. The topological polar surface area (TPSA) is 41.1 Å². The molecule has 0 saturated carbocycles. The monoisotopic (exact) mass is 376 g/mol. The van der Waals surface area contributed by atoms with Gasteiger partial charge in [-0.1, -0.05) is 91.0 Å².